The second-order valence-electron chi connectivity index (χ2n) is 4.86. The van der Waals surface area contributed by atoms with E-state index in [2.05, 4.69) is 31.2 Å². The summed E-state index contributed by atoms with van der Waals surface area (Å²) in [7, 11) is 4.15. The molecule has 1 aliphatic rings. The van der Waals surface area contributed by atoms with Gasteiger partial charge in [-0.15, -0.1) is 0 Å². The lowest BCUT2D eigenvalue weighted by Gasteiger charge is -2.15. The Morgan fingerprint density at radius 1 is 1.40 bits per heavy atom. The topological polar surface area (TPSA) is 24.5 Å². The van der Waals surface area contributed by atoms with Crippen LogP contribution < -0.4 is 5.32 Å². The van der Waals surface area contributed by atoms with E-state index in [1.165, 1.54) is 25.7 Å². The molecule has 15 heavy (non-hydrogen) atoms. The number of hydrogen-bond acceptors (Lipinski definition) is 3. The van der Waals surface area contributed by atoms with Gasteiger partial charge in [0.15, 0.2) is 0 Å². The summed E-state index contributed by atoms with van der Waals surface area (Å²) < 4.78 is 5.71. The molecule has 1 atom stereocenters. The molecule has 1 aliphatic carbocycles. The standard InChI is InChI=1S/C12H26N2O/c1-11(15-10-9-14(2)3)5-4-8-13-12-6-7-12/h11-13H,4-10H2,1-3H3. The molecule has 1 rings (SSSR count). The Morgan fingerprint density at radius 3 is 2.73 bits per heavy atom. The number of nitrogens with zero attached hydrogens (tertiary/aromatic N) is 1. The summed E-state index contributed by atoms with van der Waals surface area (Å²) in [6.07, 6.45) is 5.59. The van der Waals surface area contributed by atoms with Crippen molar-refractivity contribution >= 4 is 0 Å². The van der Waals surface area contributed by atoms with E-state index in [1.54, 1.807) is 0 Å². The molecule has 0 aromatic rings. The molecule has 1 saturated carbocycles. The van der Waals surface area contributed by atoms with Gasteiger partial charge in [0.1, 0.15) is 0 Å². The molecule has 1 fully saturated rings. The van der Waals surface area contributed by atoms with Crippen molar-refractivity contribution in [2.45, 2.75) is 44.8 Å². The molecule has 0 radical (unpaired) electrons. The molecule has 0 saturated heterocycles. The van der Waals surface area contributed by atoms with Crippen LogP contribution in [0.4, 0.5) is 0 Å². The van der Waals surface area contributed by atoms with Crippen molar-refractivity contribution < 1.29 is 4.74 Å². The monoisotopic (exact) mass is 214 g/mol. The molecule has 0 spiro atoms. The number of nitrogens with one attached hydrogen (secondary N) is 1. The van der Waals surface area contributed by atoms with Gasteiger partial charge in [0.25, 0.3) is 0 Å². The summed E-state index contributed by atoms with van der Waals surface area (Å²) in [5.74, 6) is 0. The SMILES string of the molecule is CC(CCCNC1CC1)OCCN(C)C. The van der Waals surface area contributed by atoms with Crippen LogP contribution in [0.25, 0.3) is 0 Å². The van der Waals surface area contributed by atoms with E-state index in [4.69, 9.17) is 4.74 Å². The lowest BCUT2D eigenvalue weighted by atomic mass is 10.2. The number of likely N-dealkylation sites (N-methyl/N-ethyl adjacent to an activating group) is 1. The summed E-state index contributed by atoms with van der Waals surface area (Å²) in [6, 6.07) is 0.843. The van der Waals surface area contributed by atoms with E-state index in [9.17, 15) is 0 Å². The van der Waals surface area contributed by atoms with Crippen LogP contribution in [0.15, 0.2) is 0 Å². The first-order chi connectivity index (χ1) is 7.18. The zero-order valence-corrected chi connectivity index (χ0v) is 10.5. The third-order valence-electron chi connectivity index (χ3n) is 2.74. The minimum atomic E-state index is 0.408. The summed E-state index contributed by atoms with van der Waals surface area (Å²) in [5.41, 5.74) is 0. The van der Waals surface area contributed by atoms with E-state index in [0.717, 1.165) is 25.7 Å². The largest absolute Gasteiger partial charge is 0.377 e. The minimum absolute atomic E-state index is 0.408. The molecule has 90 valence electrons. The van der Waals surface area contributed by atoms with E-state index in [-0.39, 0.29) is 0 Å². The second kappa shape index (κ2) is 7.20. The first-order valence-corrected chi connectivity index (χ1v) is 6.18. The molecular formula is C12H26N2O. The Hall–Kier alpha value is -0.120. The van der Waals surface area contributed by atoms with Crippen molar-refractivity contribution in [3.8, 4) is 0 Å². The van der Waals surface area contributed by atoms with E-state index < -0.39 is 0 Å². The lowest BCUT2D eigenvalue weighted by molar-refractivity contribution is 0.0496. The third kappa shape index (κ3) is 7.77. The van der Waals surface area contributed by atoms with Crippen molar-refractivity contribution in [1.29, 1.82) is 0 Å². The summed E-state index contributed by atoms with van der Waals surface area (Å²) in [6.45, 7) is 5.20. The van der Waals surface area contributed by atoms with Crippen molar-refractivity contribution in [1.82, 2.24) is 10.2 Å². The first kappa shape index (κ1) is 12.9. The van der Waals surface area contributed by atoms with Gasteiger partial charge in [-0.1, -0.05) is 0 Å². The Labute approximate surface area is 94.2 Å². The van der Waals surface area contributed by atoms with Gasteiger partial charge in [0.05, 0.1) is 12.7 Å². The molecule has 0 aromatic heterocycles. The predicted octanol–water partition coefficient (Wildman–Crippen LogP) is 1.49. The van der Waals surface area contributed by atoms with Gasteiger partial charge in [-0.05, 0) is 53.2 Å². The highest BCUT2D eigenvalue weighted by molar-refractivity contribution is 4.80. The van der Waals surface area contributed by atoms with Gasteiger partial charge in [-0.2, -0.15) is 0 Å². The van der Waals surface area contributed by atoms with Crippen LogP contribution in [0.2, 0.25) is 0 Å². The smallest absolute Gasteiger partial charge is 0.0596 e. The maximum atomic E-state index is 5.71. The molecular weight excluding hydrogens is 188 g/mol. The third-order valence-corrected chi connectivity index (χ3v) is 2.74. The maximum absolute atomic E-state index is 5.71. The van der Waals surface area contributed by atoms with E-state index >= 15 is 0 Å². The van der Waals surface area contributed by atoms with Crippen LogP contribution in [-0.4, -0.2) is 50.8 Å². The van der Waals surface area contributed by atoms with E-state index in [1.807, 2.05) is 0 Å². The molecule has 0 bridgehead atoms. The minimum Gasteiger partial charge on any atom is -0.377 e. The van der Waals surface area contributed by atoms with Crippen molar-refractivity contribution in [3.05, 3.63) is 0 Å². The highest BCUT2D eigenvalue weighted by Gasteiger charge is 2.19. The van der Waals surface area contributed by atoms with Gasteiger partial charge in [0.2, 0.25) is 0 Å². The maximum Gasteiger partial charge on any atom is 0.0596 e. The van der Waals surface area contributed by atoms with Gasteiger partial charge in [0, 0.05) is 12.6 Å². The van der Waals surface area contributed by atoms with Crippen LogP contribution in [0, 0.1) is 0 Å². The molecule has 1 N–H and O–H groups in total. The lowest BCUT2D eigenvalue weighted by Crippen LogP contribution is -2.22. The van der Waals surface area contributed by atoms with Crippen LogP contribution in [0.1, 0.15) is 32.6 Å². The molecule has 1 unspecified atom stereocenters. The molecule has 0 aliphatic heterocycles. The van der Waals surface area contributed by atoms with Gasteiger partial charge in [-0.3, -0.25) is 0 Å². The number of ether oxygens (including phenoxy) is 1. The Kier molecular flexibility index (Phi) is 6.22. The van der Waals surface area contributed by atoms with Crippen LogP contribution >= 0.6 is 0 Å². The zero-order valence-electron chi connectivity index (χ0n) is 10.5. The summed E-state index contributed by atoms with van der Waals surface area (Å²) >= 11 is 0. The average Bonchev–Trinajstić information content (AvgIpc) is 2.95. The van der Waals surface area contributed by atoms with Crippen molar-refractivity contribution in [2.75, 3.05) is 33.8 Å². The van der Waals surface area contributed by atoms with Crippen LogP contribution in [0.5, 0.6) is 0 Å². The molecule has 3 heteroatoms. The van der Waals surface area contributed by atoms with Crippen LogP contribution in [0.3, 0.4) is 0 Å². The number of hydrogen-bond donors (Lipinski definition) is 1. The summed E-state index contributed by atoms with van der Waals surface area (Å²) in [5, 5.41) is 3.52. The molecule has 0 amide bonds. The molecule has 0 heterocycles. The zero-order chi connectivity index (χ0) is 11.1. The van der Waals surface area contributed by atoms with Gasteiger partial charge in [-0.25, -0.2) is 0 Å². The molecule has 0 aromatic carbocycles. The fraction of sp³-hybridized carbons (Fsp3) is 1.00. The predicted molar refractivity (Wildman–Crippen MR) is 64.2 cm³/mol. The van der Waals surface area contributed by atoms with Crippen molar-refractivity contribution in [2.24, 2.45) is 0 Å². The van der Waals surface area contributed by atoms with Gasteiger partial charge < -0.3 is 15.0 Å². The fourth-order valence-electron chi connectivity index (χ4n) is 1.50. The average molecular weight is 214 g/mol. The number of rotatable bonds is 9. The first-order valence-electron chi connectivity index (χ1n) is 6.18. The van der Waals surface area contributed by atoms with Gasteiger partial charge >= 0.3 is 0 Å². The highest BCUT2D eigenvalue weighted by atomic mass is 16.5. The summed E-state index contributed by atoms with van der Waals surface area (Å²) in [4.78, 5) is 2.15. The van der Waals surface area contributed by atoms with Crippen molar-refractivity contribution in [3.63, 3.8) is 0 Å². The Balaban J connectivity index is 1.81. The Bertz CT molecular complexity index is 158. The fourth-order valence-corrected chi connectivity index (χ4v) is 1.50. The Morgan fingerprint density at radius 2 is 2.13 bits per heavy atom. The normalized spacial score (nSPS) is 18.4. The van der Waals surface area contributed by atoms with Crippen LogP contribution in [-0.2, 0) is 4.74 Å². The molecule has 3 nitrogen and oxygen atoms in total. The van der Waals surface area contributed by atoms with E-state index in [0.29, 0.717) is 6.10 Å². The quantitative estimate of drug-likeness (QED) is 0.589. The second-order valence-corrected chi connectivity index (χ2v) is 4.86. The highest BCUT2D eigenvalue weighted by Crippen LogP contribution is 2.18.